The molecule has 9 atom stereocenters. The number of aromatic amines is 1. The molecule has 4 aromatic rings. The van der Waals surface area contributed by atoms with Crippen LogP contribution in [0.25, 0.3) is 22.3 Å². The van der Waals surface area contributed by atoms with Crippen molar-refractivity contribution < 1.29 is 45.5 Å². The Labute approximate surface area is 263 Å². The number of H-pyrrole nitrogens is 1. The van der Waals surface area contributed by atoms with E-state index in [0.717, 1.165) is 24.8 Å². The second-order valence-electron chi connectivity index (χ2n) is 10.4. The number of hydrogen-bond acceptors (Lipinski definition) is 17. The Morgan fingerprint density at radius 3 is 2.74 bits per heavy atom. The highest BCUT2D eigenvalue weighted by Gasteiger charge is 2.64. The first-order valence-electron chi connectivity index (χ1n) is 13.1. The van der Waals surface area contributed by atoms with E-state index in [-0.39, 0.29) is 34.1 Å². The van der Waals surface area contributed by atoms with Crippen molar-refractivity contribution >= 4 is 72.0 Å². The van der Waals surface area contributed by atoms with Gasteiger partial charge in [-0.1, -0.05) is 5.21 Å². The number of nitrogens with zero attached hydrogens (tertiary/aromatic N) is 8. The zero-order valence-electron chi connectivity index (χ0n) is 23.0. The second-order valence-corrected chi connectivity index (χ2v) is 16.5. The third-order valence-electron chi connectivity index (χ3n) is 7.29. The van der Waals surface area contributed by atoms with Gasteiger partial charge in [0.2, 0.25) is 12.2 Å². The zero-order chi connectivity index (χ0) is 32.8. The van der Waals surface area contributed by atoms with Crippen LogP contribution >= 0.6 is 26.1 Å². The fourth-order valence-corrected chi connectivity index (χ4v) is 9.47. The minimum Gasteiger partial charge on any atom is -0.382 e. The van der Waals surface area contributed by atoms with Crippen LogP contribution in [0.4, 0.5) is 24.9 Å². The van der Waals surface area contributed by atoms with Gasteiger partial charge in [0.1, 0.15) is 30.1 Å². The smallest absolute Gasteiger partial charge is 0.328 e. The molecule has 2 bridgehead atoms. The van der Waals surface area contributed by atoms with Gasteiger partial charge in [-0.25, -0.2) is 19.3 Å². The van der Waals surface area contributed by atoms with Crippen LogP contribution in [0.2, 0.25) is 0 Å². The molecule has 0 amide bonds. The summed E-state index contributed by atoms with van der Waals surface area (Å²) in [6, 6.07) is 0. The van der Waals surface area contributed by atoms with Crippen molar-refractivity contribution in [2.24, 2.45) is 0 Å². The fraction of sp³-hybridized carbons (Fsp3) is 0.550. The van der Waals surface area contributed by atoms with Gasteiger partial charge in [0.15, 0.2) is 34.2 Å². The number of alkyl halides is 3. The van der Waals surface area contributed by atoms with E-state index in [1.807, 2.05) is 0 Å². The second kappa shape index (κ2) is 11.1. The van der Waals surface area contributed by atoms with Crippen molar-refractivity contribution in [2.45, 2.75) is 47.3 Å². The first-order valence-corrected chi connectivity index (χ1v) is 18.6. The average Bonchev–Trinajstić information content (AvgIpc) is 3.71. The molecular formula is C20H22F3N11O8P2S2. The molecule has 3 aliphatic rings. The van der Waals surface area contributed by atoms with Gasteiger partial charge in [-0.2, -0.15) is 18.4 Å². The predicted molar refractivity (Wildman–Crippen MR) is 156 cm³/mol. The van der Waals surface area contributed by atoms with Crippen molar-refractivity contribution in [1.29, 1.82) is 0 Å². The highest BCUT2D eigenvalue weighted by atomic mass is 32.5. The summed E-state index contributed by atoms with van der Waals surface area (Å²) in [4.78, 5) is 41.4. The molecule has 7 rings (SSSR count). The Kier molecular flexibility index (Phi) is 7.70. The quantitative estimate of drug-likeness (QED) is 0.209. The minimum absolute atomic E-state index is 0.0259. The lowest BCUT2D eigenvalue weighted by atomic mass is 10.1. The highest BCUT2D eigenvalue weighted by molar-refractivity contribution is 8.07. The normalized spacial score (nSPS) is 36.7. The van der Waals surface area contributed by atoms with Gasteiger partial charge in [-0.15, -0.1) is 16.9 Å². The van der Waals surface area contributed by atoms with E-state index in [1.165, 1.54) is 10.9 Å². The van der Waals surface area contributed by atoms with Crippen LogP contribution in [0.15, 0.2) is 17.4 Å². The SMILES string of the molecule is CP1(=O)OC[C@H]2S[C@@H](n3cnc4c(=O)[nH]c(N)nc43)[C@H](OP(O)(=S)OC[C@H]3O[C@@H](n4nnc5c(N)ncnc54)C(F)(F)[C@@H]3O1)[C@H]2F. The molecule has 26 heteroatoms. The summed E-state index contributed by atoms with van der Waals surface area (Å²) in [6.45, 7) is -5.01. The number of nitrogen functional groups attached to an aromatic ring is 2. The maximum absolute atomic E-state index is 16.0. The summed E-state index contributed by atoms with van der Waals surface area (Å²) in [5.41, 5.74) is 10.4. The number of rotatable bonds is 2. The molecule has 3 aliphatic heterocycles. The molecule has 46 heavy (non-hydrogen) atoms. The lowest BCUT2D eigenvalue weighted by Gasteiger charge is -2.28. The summed E-state index contributed by atoms with van der Waals surface area (Å²) in [5.74, 6) is -4.36. The highest BCUT2D eigenvalue weighted by Crippen LogP contribution is 2.58. The van der Waals surface area contributed by atoms with E-state index >= 15 is 13.2 Å². The molecule has 248 valence electrons. The molecule has 3 fully saturated rings. The standard InChI is InChI=1S/C20H22F3N11O8P2S2/c1-43(36)38-3-7-8(21)11(17(46-7)33-5-28-10-15(33)29-19(25)30-16(10)35)41-44(37,45)39-2-6-12(42-43)20(22,23)18(40-6)34-14-9(31-32-34)13(24)26-4-27-14/h4-8,11-12,17-18H,2-3H2,1H3,(H,37,45)(H2,24,26,27)(H3,25,29,30,35)/t6-,7-,8+,11-,12-,17-,18-,43?,44?/m1/s1. The number of thioether (sulfide) groups is 1. The van der Waals surface area contributed by atoms with Crippen LogP contribution in [0.1, 0.15) is 11.6 Å². The molecule has 0 spiro atoms. The Hall–Kier alpha value is -2.79. The van der Waals surface area contributed by atoms with Gasteiger partial charge in [0, 0.05) is 6.66 Å². The first-order chi connectivity index (χ1) is 21.6. The molecule has 0 saturated carbocycles. The Bertz CT molecular complexity index is 2000. The summed E-state index contributed by atoms with van der Waals surface area (Å²) in [6.07, 6.45) is -7.63. The number of hydrogen-bond donors (Lipinski definition) is 4. The molecule has 2 unspecified atom stereocenters. The van der Waals surface area contributed by atoms with Crippen molar-refractivity contribution in [2.75, 3.05) is 31.3 Å². The molecule has 19 nitrogen and oxygen atoms in total. The predicted octanol–water partition coefficient (Wildman–Crippen LogP) is 0.861. The third kappa shape index (κ3) is 5.39. The van der Waals surface area contributed by atoms with Crippen LogP contribution in [-0.2, 0) is 39.2 Å². The molecule has 0 aromatic carbocycles. The zero-order valence-corrected chi connectivity index (χ0v) is 26.4. The van der Waals surface area contributed by atoms with E-state index in [0.29, 0.717) is 4.68 Å². The monoisotopic (exact) mass is 727 g/mol. The van der Waals surface area contributed by atoms with Crippen molar-refractivity contribution in [3.05, 3.63) is 23.0 Å². The summed E-state index contributed by atoms with van der Waals surface area (Å²) in [5, 5.41) is 5.18. The minimum atomic E-state index is -4.43. The third-order valence-corrected chi connectivity index (χ3v) is 11.6. The van der Waals surface area contributed by atoms with Crippen LogP contribution in [0.3, 0.4) is 0 Å². The number of fused-ring (bicyclic) bond motifs is 5. The van der Waals surface area contributed by atoms with Gasteiger partial charge < -0.3 is 30.1 Å². The number of nitrogens with two attached hydrogens (primary N) is 2. The average molecular weight is 728 g/mol. The fourth-order valence-electron chi connectivity index (χ4n) is 5.23. The van der Waals surface area contributed by atoms with Gasteiger partial charge in [-0.3, -0.25) is 28.0 Å². The Balaban J connectivity index is 1.23. The number of imidazole rings is 1. The van der Waals surface area contributed by atoms with Crippen molar-refractivity contribution in [1.82, 2.24) is 44.5 Å². The summed E-state index contributed by atoms with van der Waals surface area (Å²) >= 11 is 6.02. The number of halogens is 3. The number of anilines is 2. The molecule has 4 aromatic heterocycles. The van der Waals surface area contributed by atoms with Gasteiger partial charge >= 0.3 is 20.2 Å². The maximum atomic E-state index is 16.0. The topological polar surface area (TPSA) is 256 Å². The molecular weight excluding hydrogens is 705 g/mol. The van der Waals surface area contributed by atoms with Crippen LogP contribution < -0.4 is 17.0 Å². The van der Waals surface area contributed by atoms with Crippen LogP contribution in [-0.4, -0.2) is 105 Å². The number of nitrogens with one attached hydrogen (secondary N) is 1. The number of ether oxygens (including phenoxy) is 1. The van der Waals surface area contributed by atoms with E-state index in [4.69, 9.17) is 46.1 Å². The van der Waals surface area contributed by atoms with E-state index in [2.05, 4.69) is 35.2 Å². The van der Waals surface area contributed by atoms with Gasteiger partial charge in [0.05, 0.1) is 24.8 Å². The summed E-state index contributed by atoms with van der Waals surface area (Å²) in [7, 11) is -4.38. The lowest BCUT2D eigenvalue weighted by molar-refractivity contribution is -0.139. The van der Waals surface area contributed by atoms with Crippen LogP contribution in [0, 0.1) is 0 Å². The van der Waals surface area contributed by atoms with Crippen LogP contribution in [0.5, 0.6) is 0 Å². The molecule has 0 radical (unpaired) electrons. The van der Waals surface area contributed by atoms with E-state index in [1.54, 1.807) is 0 Å². The molecule has 6 N–H and O–H groups in total. The molecule has 0 aliphatic carbocycles. The number of aromatic nitrogens is 9. The molecule has 7 heterocycles. The van der Waals surface area contributed by atoms with Gasteiger partial charge in [-0.05, 0) is 11.8 Å². The van der Waals surface area contributed by atoms with Crippen molar-refractivity contribution in [3.8, 4) is 0 Å². The van der Waals surface area contributed by atoms with Gasteiger partial charge in [0.25, 0.3) is 5.56 Å². The maximum Gasteiger partial charge on any atom is 0.328 e. The molecule has 3 saturated heterocycles. The Morgan fingerprint density at radius 2 is 1.96 bits per heavy atom. The van der Waals surface area contributed by atoms with E-state index in [9.17, 15) is 14.3 Å². The van der Waals surface area contributed by atoms with E-state index < -0.39 is 80.3 Å². The Morgan fingerprint density at radius 1 is 1.17 bits per heavy atom. The summed E-state index contributed by atoms with van der Waals surface area (Å²) < 4.78 is 90.8. The van der Waals surface area contributed by atoms with Crippen molar-refractivity contribution in [3.63, 3.8) is 0 Å². The first kappa shape index (κ1) is 31.8. The lowest BCUT2D eigenvalue weighted by Crippen LogP contribution is -2.41. The largest absolute Gasteiger partial charge is 0.382 e.